The summed E-state index contributed by atoms with van der Waals surface area (Å²) in [6.07, 6.45) is 22.5. The van der Waals surface area contributed by atoms with Crippen LogP contribution in [0.15, 0.2) is 0 Å². The summed E-state index contributed by atoms with van der Waals surface area (Å²) < 4.78 is 21.4. The fourth-order valence-electron chi connectivity index (χ4n) is 4.19. The summed E-state index contributed by atoms with van der Waals surface area (Å²) in [4.78, 5) is 12.0. The first-order chi connectivity index (χ1) is 16.6. The summed E-state index contributed by atoms with van der Waals surface area (Å²) in [6, 6.07) is 0. The maximum Gasteiger partial charge on any atom is 0.332 e. The Balaban J connectivity index is 3.96. The molecule has 0 N–H and O–H groups in total. The number of carbonyl (C=O) groups excluding carboxylic acids is 1. The Morgan fingerprint density at radius 3 is 1.68 bits per heavy atom. The Labute approximate surface area is 212 Å². The molecule has 2 unspecified atom stereocenters. The van der Waals surface area contributed by atoms with Crippen molar-refractivity contribution in [2.75, 3.05) is 40.1 Å². The standard InChI is InChI=1S/C29H58O5/c1-5-7-9-11-13-14-16-18-20-28(19-17-15-12-10-8-6-2)21-22-34-29(30)26-33-24-23-32-25-27(3)31-4/h27-28H,5-26H2,1-4H3. The van der Waals surface area contributed by atoms with Gasteiger partial charge in [0.1, 0.15) is 6.61 Å². The average Bonchev–Trinajstić information content (AvgIpc) is 2.84. The number of rotatable bonds is 27. The van der Waals surface area contributed by atoms with Gasteiger partial charge in [0, 0.05) is 7.11 Å². The van der Waals surface area contributed by atoms with E-state index in [4.69, 9.17) is 18.9 Å². The van der Waals surface area contributed by atoms with Gasteiger partial charge in [-0.1, -0.05) is 117 Å². The van der Waals surface area contributed by atoms with E-state index in [1.54, 1.807) is 7.11 Å². The van der Waals surface area contributed by atoms with Crippen molar-refractivity contribution in [3.8, 4) is 0 Å². The van der Waals surface area contributed by atoms with Crippen LogP contribution in [0.3, 0.4) is 0 Å². The molecule has 0 amide bonds. The van der Waals surface area contributed by atoms with Crippen LogP contribution in [-0.2, 0) is 23.7 Å². The zero-order chi connectivity index (χ0) is 25.1. The van der Waals surface area contributed by atoms with Gasteiger partial charge in [-0.05, 0) is 19.3 Å². The van der Waals surface area contributed by atoms with Crippen LogP contribution in [0.5, 0.6) is 0 Å². The minimum Gasteiger partial charge on any atom is -0.464 e. The molecule has 5 heteroatoms. The van der Waals surface area contributed by atoms with Crippen LogP contribution in [0.25, 0.3) is 0 Å². The van der Waals surface area contributed by atoms with Crippen molar-refractivity contribution in [1.82, 2.24) is 0 Å². The van der Waals surface area contributed by atoms with E-state index in [0.29, 0.717) is 32.3 Å². The molecule has 204 valence electrons. The van der Waals surface area contributed by atoms with Gasteiger partial charge in [-0.2, -0.15) is 0 Å². The molecule has 0 aromatic rings. The summed E-state index contributed by atoms with van der Waals surface area (Å²) in [5, 5.41) is 0. The van der Waals surface area contributed by atoms with Crippen LogP contribution in [0.2, 0.25) is 0 Å². The summed E-state index contributed by atoms with van der Waals surface area (Å²) >= 11 is 0. The Kier molecular flexibility index (Phi) is 26.4. The third-order valence-electron chi connectivity index (χ3n) is 6.57. The lowest BCUT2D eigenvalue weighted by Gasteiger charge is -2.17. The highest BCUT2D eigenvalue weighted by Crippen LogP contribution is 2.22. The molecule has 0 aliphatic carbocycles. The molecule has 0 aromatic carbocycles. The molecule has 0 spiro atoms. The summed E-state index contributed by atoms with van der Waals surface area (Å²) in [5.74, 6) is 0.409. The maximum atomic E-state index is 12.0. The third-order valence-corrected chi connectivity index (χ3v) is 6.57. The largest absolute Gasteiger partial charge is 0.464 e. The molecule has 34 heavy (non-hydrogen) atoms. The number of hydrogen-bond donors (Lipinski definition) is 0. The molecule has 0 aliphatic rings. The van der Waals surface area contributed by atoms with Gasteiger partial charge in [0.25, 0.3) is 0 Å². The predicted molar refractivity (Wildman–Crippen MR) is 142 cm³/mol. The minimum absolute atomic E-state index is 0.00329. The van der Waals surface area contributed by atoms with Crippen LogP contribution in [-0.4, -0.2) is 52.2 Å². The fraction of sp³-hybridized carbons (Fsp3) is 0.966. The van der Waals surface area contributed by atoms with E-state index in [2.05, 4.69) is 13.8 Å². The Hall–Kier alpha value is -0.650. The SMILES string of the molecule is CCCCCCCCCCC(CCCCCCCC)CCOC(=O)COCCOCC(C)OC. The van der Waals surface area contributed by atoms with Gasteiger partial charge in [-0.15, -0.1) is 0 Å². The number of carbonyl (C=O) groups is 1. The highest BCUT2D eigenvalue weighted by molar-refractivity contribution is 5.70. The van der Waals surface area contributed by atoms with Crippen molar-refractivity contribution in [2.45, 2.75) is 136 Å². The van der Waals surface area contributed by atoms with Crippen molar-refractivity contribution in [3.63, 3.8) is 0 Å². The van der Waals surface area contributed by atoms with Crippen LogP contribution >= 0.6 is 0 Å². The first-order valence-electron chi connectivity index (χ1n) is 14.5. The number of methoxy groups -OCH3 is 1. The second kappa shape index (κ2) is 26.9. The molecule has 0 bridgehead atoms. The zero-order valence-corrected chi connectivity index (χ0v) is 23.3. The van der Waals surface area contributed by atoms with Crippen molar-refractivity contribution in [2.24, 2.45) is 5.92 Å². The fourth-order valence-corrected chi connectivity index (χ4v) is 4.19. The van der Waals surface area contributed by atoms with Gasteiger partial charge >= 0.3 is 5.97 Å². The van der Waals surface area contributed by atoms with E-state index in [9.17, 15) is 4.79 Å². The number of esters is 1. The molecule has 0 saturated heterocycles. The quantitative estimate of drug-likeness (QED) is 0.0872. The summed E-state index contributed by atoms with van der Waals surface area (Å²) in [7, 11) is 1.66. The van der Waals surface area contributed by atoms with Crippen LogP contribution in [0.1, 0.15) is 130 Å². The molecule has 5 nitrogen and oxygen atoms in total. The lowest BCUT2D eigenvalue weighted by atomic mass is 9.91. The molecule has 0 fully saturated rings. The molecule has 0 heterocycles. The van der Waals surface area contributed by atoms with E-state index in [0.717, 1.165) is 6.42 Å². The summed E-state index contributed by atoms with van der Waals surface area (Å²) in [6.45, 7) is 8.39. The molecular formula is C29H58O5. The Bertz CT molecular complexity index is 415. The van der Waals surface area contributed by atoms with E-state index >= 15 is 0 Å². The van der Waals surface area contributed by atoms with Gasteiger partial charge < -0.3 is 18.9 Å². The summed E-state index contributed by atoms with van der Waals surface area (Å²) in [5.41, 5.74) is 0. The molecule has 2 atom stereocenters. The topological polar surface area (TPSA) is 54.0 Å². The van der Waals surface area contributed by atoms with Gasteiger partial charge in [0.15, 0.2) is 0 Å². The number of hydrogen-bond acceptors (Lipinski definition) is 5. The monoisotopic (exact) mass is 486 g/mol. The van der Waals surface area contributed by atoms with Crippen LogP contribution in [0, 0.1) is 5.92 Å². The van der Waals surface area contributed by atoms with Crippen LogP contribution < -0.4 is 0 Å². The Morgan fingerprint density at radius 2 is 1.15 bits per heavy atom. The minimum atomic E-state index is -0.268. The first-order valence-corrected chi connectivity index (χ1v) is 14.5. The van der Waals surface area contributed by atoms with Crippen molar-refractivity contribution >= 4 is 5.97 Å². The van der Waals surface area contributed by atoms with E-state index in [1.807, 2.05) is 6.92 Å². The zero-order valence-electron chi connectivity index (χ0n) is 23.3. The molecule has 0 saturated carbocycles. The maximum absolute atomic E-state index is 12.0. The van der Waals surface area contributed by atoms with Gasteiger partial charge in [-0.25, -0.2) is 4.79 Å². The van der Waals surface area contributed by atoms with E-state index in [1.165, 1.54) is 103 Å². The number of ether oxygens (including phenoxy) is 4. The lowest BCUT2D eigenvalue weighted by Crippen LogP contribution is -2.19. The predicted octanol–water partition coefficient (Wildman–Crippen LogP) is 7.89. The van der Waals surface area contributed by atoms with Gasteiger partial charge in [0.2, 0.25) is 0 Å². The highest BCUT2D eigenvalue weighted by atomic mass is 16.6. The van der Waals surface area contributed by atoms with E-state index < -0.39 is 0 Å². The van der Waals surface area contributed by atoms with Gasteiger partial charge in [0.05, 0.1) is 32.5 Å². The molecule has 0 rings (SSSR count). The lowest BCUT2D eigenvalue weighted by molar-refractivity contribution is -0.150. The second-order valence-corrected chi connectivity index (χ2v) is 9.87. The molecule has 0 aliphatic heterocycles. The molecular weight excluding hydrogens is 428 g/mol. The average molecular weight is 487 g/mol. The molecule has 0 aromatic heterocycles. The van der Waals surface area contributed by atoms with Crippen molar-refractivity contribution in [1.29, 1.82) is 0 Å². The van der Waals surface area contributed by atoms with E-state index in [-0.39, 0.29) is 18.7 Å². The smallest absolute Gasteiger partial charge is 0.332 e. The number of unbranched alkanes of at least 4 members (excludes halogenated alkanes) is 12. The van der Waals surface area contributed by atoms with Crippen molar-refractivity contribution in [3.05, 3.63) is 0 Å². The van der Waals surface area contributed by atoms with Crippen LogP contribution in [0.4, 0.5) is 0 Å². The Morgan fingerprint density at radius 1 is 0.647 bits per heavy atom. The second-order valence-electron chi connectivity index (χ2n) is 9.87. The highest BCUT2D eigenvalue weighted by Gasteiger charge is 2.11. The normalized spacial score (nSPS) is 13.2. The third kappa shape index (κ3) is 24.5. The van der Waals surface area contributed by atoms with Crippen molar-refractivity contribution < 1.29 is 23.7 Å². The molecule has 0 radical (unpaired) electrons. The first kappa shape index (κ1) is 33.4. The van der Waals surface area contributed by atoms with Gasteiger partial charge in [-0.3, -0.25) is 0 Å².